The molecule has 2 aromatic rings. The summed E-state index contributed by atoms with van der Waals surface area (Å²) in [6, 6.07) is 5.30. The molecule has 1 unspecified atom stereocenters. The molecule has 2 N–H and O–H groups in total. The van der Waals surface area contributed by atoms with Crippen molar-refractivity contribution in [2.24, 2.45) is 5.73 Å². The van der Waals surface area contributed by atoms with E-state index in [0.717, 1.165) is 10.4 Å². The van der Waals surface area contributed by atoms with Gasteiger partial charge in [0.2, 0.25) is 0 Å². The Labute approximate surface area is 127 Å². The molecule has 5 heteroatoms. The maximum absolute atomic E-state index is 6.29. The minimum Gasteiger partial charge on any atom is -0.492 e. The third-order valence-corrected chi connectivity index (χ3v) is 4.59. The van der Waals surface area contributed by atoms with E-state index < -0.39 is 0 Å². The van der Waals surface area contributed by atoms with Crippen LogP contribution in [0.1, 0.15) is 29.0 Å². The normalized spacial score (nSPS) is 12.5. The quantitative estimate of drug-likeness (QED) is 0.878. The first-order valence-electron chi connectivity index (χ1n) is 5.96. The lowest BCUT2D eigenvalue weighted by Gasteiger charge is -2.16. The summed E-state index contributed by atoms with van der Waals surface area (Å²) < 4.78 is 5.41. The van der Waals surface area contributed by atoms with Crippen LogP contribution in [0.3, 0.4) is 0 Å². The van der Waals surface area contributed by atoms with Crippen LogP contribution in [-0.4, -0.2) is 6.61 Å². The fourth-order valence-corrected chi connectivity index (χ4v) is 3.34. The average molecular weight is 316 g/mol. The van der Waals surface area contributed by atoms with Gasteiger partial charge in [-0.1, -0.05) is 23.2 Å². The first-order valence-corrected chi connectivity index (χ1v) is 7.59. The van der Waals surface area contributed by atoms with Crippen molar-refractivity contribution >= 4 is 34.5 Å². The highest BCUT2D eigenvalue weighted by molar-refractivity contribution is 7.10. The minimum atomic E-state index is -0.263. The molecule has 0 fully saturated rings. The molecule has 0 aliphatic rings. The molecule has 102 valence electrons. The van der Waals surface area contributed by atoms with E-state index in [2.05, 4.69) is 0 Å². The molecule has 1 aromatic heterocycles. The number of halogens is 2. The molecule has 0 spiro atoms. The second-order valence-corrected chi connectivity index (χ2v) is 5.94. The van der Waals surface area contributed by atoms with Crippen LogP contribution < -0.4 is 10.5 Å². The average Bonchev–Trinajstić information content (AvgIpc) is 2.79. The van der Waals surface area contributed by atoms with E-state index in [-0.39, 0.29) is 6.04 Å². The Balaban J connectivity index is 2.40. The van der Waals surface area contributed by atoms with Crippen molar-refractivity contribution in [2.45, 2.75) is 19.9 Å². The topological polar surface area (TPSA) is 35.2 Å². The maximum atomic E-state index is 6.29. The number of hydrogen-bond donors (Lipinski definition) is 1. The van der Waals surface area contributed by atoms with Gasteiger partial charge < -0.3 is 10.5 Å². The van der Waals surface area contributed by atoms with Crippen molar-refractivity contribution in [3.63, 3.8) is 0 Å². The molecule has 0 radical (unpaired) electrons. The van der Waals surface area contributed by atoms with Crippen LogP contribution in [-0.2, 0) is 0 Å². The smallest absolute Gasteiger partial charge is 0.139 e. The lowest BCUT2D eigenvalue weighted by Crippen LogP contribution is -2.12. The highest BCUT2D eigenvalue weighted by Gasteiger charge is 2.18. The van der Waals surface area contributed by atoms with Gasteiger partial charge in [0.15, 0.2) is 0 Å². The SMILES string of the molecule is CCOc1cc(Cl)c(C(N)c2sccc2C)cc1Cl. The Bertz CT molecular complexity index is 583. The summed E-state index contributed by atoms with van der Waals surface area (Å²) in [7, 11) is 0. The van der Waals surface area contributed by atoms with Gasteiger partial charge in [-0.05, 0) is 42.5 Å². The van der Waals surface area contributed by atoms with Gasteiger partial charge >= 0.3 is 0 Å². The lowest BCUT2D eigenvalue weighted by atomic mass is 10.0. The molecule has 0 amide bonds. The number of aryl methyl sites for hydroxylation is 1. The zero-order chi connectivity index (χ0) is 14.0. The summed E-state index contributed by atoms with van der Waals surface area (Å²) in [6.07, 6.45) is 0. The van der Waals surface area contributed by atoms with E-state index in [1.54, 1.807) is 23.5 Å². The van der Waals surface area contributed by atoms with Crippen LogP contribution >= 0.6 is 34.5 Å². The van der Waals surface area contributed by atoms with Crippen molar-refractivity contribution in [1.29, 1.82) is 0 Å². The molecular formula is C14H15Cl2NOS. The number of hydrogen-bond acceptors (Lipinski definition) is 3. The van der Waals surface area contributed by atoms with Gasteiger partial charge in [0.1, 0.15) is 5.75 Å². The third-order valence-electron chi connectivity index (χ3n) is 2.87. The van der Waals surface area contributed by atoms with E-state index in [9.17, 15) is 0 Å². The molecule has 1 aromatic carbocycles. The molecule has 0 saturated heterocycles. The van der Waals surface area contributed by atoms with E-state index >= 15 is 0 Å². The van der Waals surface area contributed by atoms with Crippen molar-refractivity contribution in [3.8, 4) is 5.75 Å². The zero-order valence-electron chi connectivity index (χ0n) is 10.7. The summed E-state index contributed by atoms with van der Waals surface area (Å²) >= 11 is 14.1. The Hall–Kier alpha value is -0.740. The van der Waals surface area contributed by atoms with E-state index in [1.807, 2.05) is 25.3 Å². The predicted molar refractivity (Wildman–Crippen MR) is 82.7 cm³/mol. The monoisotopic (exact) mass is 315 g/mol. The van der Waals surface area contributed by atoms with E-state index in [4.69, 9.17) is 33.7 Å². The Morgan fingerprint density at radius 1 is 1.32 bits per heavy atom. The minimum absolute atomic E-state index is 0.263. The van der Waals surface area contributed by atoms with E-state index in [0.29, 0.717) is 22.4 Å². The molecule has 0 bridgehead atoms. The van der Waals surface area contributed by atoms with Crippen molar-refractivity contribution in [3.05, 3.63) is 49.6 Å². The standard InChI is InChI=1S/C14H15Cl2NOS/c1-3-18-12-7-10(15)9(6-11(12)16)13(17)14-8(2)4-5-19-14/h4-7,13H,3,17H2,1-2H3. The van der Waals surface area contributed by atoms with Gasteiger partial charge in [-0.15, -0.1) is 11.3 Å². The second-order valence-electron chi connectivity index (χ2n) is 4.18. The highest BCUT2D eigenvalue weighted by Crippen LogP contribution is 2.37. The van der Waals surface area contributed by atoms with Crippen LogP contribution in [0.5, 0.6) is 5.75 Å². The number of thiophene rings is 1. The number of ether oxygens (including phenoxy) is 1. The molecular weight excluding hydrogens is 301 g/mol. The van der Waals surface area contributed by atoms with Gasteiger partial charge in [-0.25, -0.2) is 0 Å². The molecule has 1 heterocycles. The zero-order valence-corrected chi connectivity index (χ0v) is 13.1. The van der Waals surface area contributed by atoms with Gasteiger partial charge in [0.05, 0.1) is 17.7 Å². The summed E-state index contributed by atoms with van der Waals surface area (Å²) in [5.41, 5.74) is 8.27. The van der Waals surface area contributed by atoms with Crippen molar-refractivity contribution < 1.29 is 4.74 Å². The number of nitrogens with two attached hydrogens (primary N) is 1. The fraction of sp³-hybridized carbons (Fsp3) is 0.286. The van der Waals surface area contributed by atoms with Gasteiger partial charge in [-0.3, -0.25) is 0 Å². The Kier molecular flexibility index (Phi) is 4.74. The van der Waals surface area contributed by atoms with Crippen LogP contribution in [0.15, 0.2) is 23.6 Å². The molecule has 2 rings (SSSR count). The lowest BCUT2D eigenvalue weighted by molar-refractivity contribution is 0.340. The third kappa shape index (κ3) is 3.06. The Morgan fingerprint density at radius 2 is 2.05 bits per heavy atom. The summed E-state index contributed by atoms with van der Waals surface area (Å²) in [5, 5.41) is 3.13. The summed E-state index contributed by atoms with van der Waals surface area (Å²) in [6.45, 7) is 4.49. The first kappa shape index (κ1) is 14.7. The van der Waals surface area contributed by atoms with Gasteiger partial charge in [-0.2, -0.15) is 0 Å². The fourth-order valence-electron chi connectivity index (χ4n) is 1.89. The molecule has 0 saturated carbocycles. The van der Waals surface area contributed by atoms with Crippen LogP contribution in [0.2, 0.25) is 10.0 Å². The Morgan fingerprint density at radius 3 is 2.63 bits per heavy atom. The van der Waals surface area contributed by atoms with Gasteiger partial charge in [0, 0.05) is 16.0 Å². The van der Waals surface area contributed by atoms with Crippen molar-refractivity contribution in [1.82, 2.24) is 0 Å². The highest BCUT2D eigenvalue weighted by atomic mass is 35.5. The van der Waals surface area contributed by atoms with Crippen molar-refractivity contribution in [2.75, 3.05) is 6.61 Å². The predicted octanol–water partition coefficient (Wildman–Crippen LogP) is 4.81. The van der Waals surface area contributed by atoms with E-state index in [1.165, 1.54) is 5.56 Å². The summed E-state index contributed by atoms with van der Waals surface area (Å²) in [5.74, 6) is 0.591. The largest absolute Gasteiger partial charge is 0.492 e. The second kappa shape index (κ2) is 6.14. The van der Waals surface area contributed by atoms with Crippen LogP contribution in [0.25, 0.3) is 0 Å². The van der Waals surface area contributed by atoms with Crippen LogP contribution in [0.4, 0.5) is 0 Å². The maximum Gasteiger partial charge on any atom is 0.139 e. The molecule has 2 nitrogen and oxygen atoms in total. The molecule has 19 heavy (non-hydrogen) atoms. The molecule has 1 atom stereocenters. The molecule has 0 aliphatic heterocycles. The summed E-state index contributed by atoms with van der Waals surface area (Å²) in [4.78, 5) is 1.10. The number of rotatable bonds is 4. The van der Waals surface area contributed by atoms with Gasteiger partial charge in [0.25, 0.3) is 0 Å². The first-order chi connectivity index (χ1) is 9.04. The number of benzene rings is 1. The van der Waals surface area contributed by atoms with Crippen LogP contribution in [0, 0.1) is 6.92 Å². The molecule has 0 aliphatic carbocycles.